The first-order valence-electron chi connectivity index (χ1n) is 12.0. The van der Waals surface area contributed by atoms with Crippen LogP contribution in [-0.2, 0) is 20.9 Å². The van der Waals surface area contributed by atoms with Crippen LogP contribution in [-0.4, -0.2) is 40.5 Å². The fourth-order valence-electron chi connectivity index (χ4n) is 3.80. The van der Waals surface area contributed by atoms with Crippen LogP contribution in [0.2, 0.25) is 0 Å². The van der Waals surface area contributed by atoms with Crippen molar-refractivity contribution in [1.82, 2.24) is 15.5 Å². The third-order valence-electron chi connectivity index (χ3n) is 5.48. The molecule has 0 fully saturated rings. The first-order valence-corrected chi connectivity index (χ1v) is 12.0. The molecular formula is C28H39N3O4. The lowest BCUT2D eigenvalue weighted by atomic mass is 9.95. The summed E-state index contributed by atoms with van der Waals surface area (Å²) >= 11 is 0. The molecule has 0 saturated heterocycles. The SMILES string of the molecule is Cc1ccc(C)c(C(C(=O)NCc2ccccc2)N(C(=O)C(C)NC(=O)OC(C)(C)C)C(C)C)c1. The van der Waals surface area contributed by atoms with Crippen molar-refractivity contribution in [3.05, 3.63) is 70.8 Å². The number of hydrogen-bond donors (Lipinski definition) is 2. The number of nitrogens with zero attached hydrogens (tertiary/aromatic N) is 1. The van der Waals surface area contributed by atoms with Crippen molar-refractivity contribution in [2.45, 2.75) is 85.7 Å². The van der Waals surface area contributed by atoms with Crippen molar-refractivity contribution in [2.24, 2.45) is 0 Å². The first-order chi connectivity index (χ1) is 16.3. The highest BCUT2D eigenvalue weighted by Gasteiger charge is 2.37. The summed E-state index contributed by atoms with van der Waals surface area (Å²) in [6.07, 6.45) is -0.682. The van der Waals surface area contributed by atoms with Crippen LogP contribution in [0, 0.1) is 13.8 Å². The molecule has 2 aromatic rings. The summed E-state index contributed by atoms with van der Waals surface area (Å²) in [6.45, 7) is 14.8. The molecule has 2 aromatic carbocycles. The fraction of sp³-hybridized carbons (Fsp3) is 0.464. The number of nitrogens with one attached hydrogen (secondary N) is 2. The highest BCUT2D eigenvalue weighted by Crippen LogP contribution is 2.28. The van der Waals surface area contributed by atoms with Crippen LogP contribution in [0.1, 0.15) is 69.8 Å². The van der Waals surface area contributed by atoms with Crippen LogP contribution in [0.25, 0.3) is 0 Å². The van der Waals surface area contributed by atoms with Gasteiger partial charge >= 0.3 is 6.09 Å². The summed E-state index contributed by atoms with van der Waals surface area (Å²) < 4.78 is 5.31. The van der Waals surface area contributed by atoms with Gasteiger partial charge in [0.2, 0.25) is 11.8 Å². The standard InChI is InChI=1S/C28H39N3O4/c1-18(2)31(26(33)21(5)30-27(34)35-28(6,7)8)24(23-16-19(3)14-15-20(23)4)25(32)29-17-22-12-10-9-11-13-22/h9-16,18,21,24H,17H2,1-8H3,(H,29,32)(H,30,34). The zero-order chi connectivity index (χ0) is 26.3. The van der Waals surface area contributed by atoms with E-state index in [0.717, 1.165) is 22.3 Å². The molecular weight excluding hydrogens is 442 g/mol. The van der Waals surface area contributed by atoms with Gasteiger partial charge in [0, 0.05) is 12.6 Å². The molecule has 0 aliphatic rings. The molecule has 0 radical (unpaired) electrons. The van der Waals surface area contributed by atoms with Gasteiger partial charge in [-0.1, -0.05) is 54.1 Å². The molecule has 7 nitrogen and oxygen atoms in total. The van der Waals surface area contributed by atoms with E-state index >= 15 is 0 Å². The average Bonchev–Trinajstić information content (AvgIpc) is 2.76. The molecule has 190 valence electrons. The lowest BCUT2D eigenvalue weighted by Gasteiger charge is -2.37. The molecule has 2 rings (SSSR count). The number of amides is 3. The molecule has 2 unspecified atom stereocenters. The molecule has 0 bridgehead atoms. The predicted octanol–water partition coefficient (Wildman–Crippen LogP) is 4.81. The van der Waals surface area contributed by atoms with Gasteiger partial charge in [0.25, 0.3) is 0 Å². The summed E-state index contributed by atoms with van der Waals surface area (Å²) in [5.74, 6) is -0.652. The van der Waals surface area contributed by atoms with E-state index in [1.807, 2.05) is 76.2 Å². The number of ether oxygens (including phenoxy) is 1. The average molecular weight is 482 g/mol. The van der Waals surface area contributed by atoms with Crippen LogP contribution < -0.4 is 10.6 Å². The van der Waals surface area contributed by atoms with E-state index in [1.54, 1.807) is 32.6 Å². The van der Waals surface area contributed by atoms with Gasteiger partial charge in [-0.3, -0.25) is 9.59 Å². The van der Waals surface area contributed by atoms with Crippen LogP contribution in [0.15, 0.2) is 48.5 Å². The Hall–Kier alpha value is -3.35. The van der Waals surface area contributed by atoms with E-state index < -0.39 is 23.8 Å². The largest absolute Gasteiger partial charge is 0.444 e. The van der Waals surface area contributed by atoms with Gasteiger partial charge in [0.15, 0.2) is 0 Å². The van der Waals surface area contributed by atoms with Crippen LogP contribution in [0.5, 0.6) is 0 Å². The maximum absolute atomic E-state index is 13.7. The summed E-state index contributed by atoms with van der Waals surface area (Å²) in [4.78, 5) is 41.2. The second-order valence-corrected chi connectivity index (χ2v) is 10.2. The zero-order valence-electron chi connectivity index (χ0n) is 22.1. The first kappa shape index (κ1) is 27.9. The van der Waals surface area contributed by atoms with Crippen molar-refractivity contribution >= 4 is 17.9 Å². The van der Waals surface area contributed by atoms with Gasteiger partial charge in [0.05, 0.1) is 0 Å². The number of aryl methyl sites for hydroxylation is 2. The Kier molecular flexibility index (Phi) is 9.46. The number of carbonyl (C=O) groups excluding carboxylic acids is 3. The predicted molar refractivity (Wildman–Crippen MR) is 138 cm³/mol. The van der Waals surface area contributed by atoms with E-state index in [0.29, 0.717) is 6.54 Å². The Morgan fingerprint density at radius 2 is 1.60 bits per heavy atom. The van der Waals surface area contributed by atoms with Crippen molar-refractivity contribution in [3.8, 4) is 0 Å². The van der Waals surface area contributed by atoms with Crippen molar-refractivity contribution in [1.29, 1.82) is 0 Å². The van der Waals surface area contributed by atoms with Gasteiger partial charge in [0.1, 0.15) is 17.7 Å². The Bertz CT molecular complexity index is 1030. The van der Waals surface area contributed by atoms with Gasteiger partial charge in [-0.25, -0.2) is 4.79 Å². The van der Waals surface area contributed by atoms with Crippen LogP contribution >= 0.6 is 0 Å². The monoisotopic (exact) mass is 481 g/mol. The molecule has 0 aliphatic heterocycles. The highest BCUT2D eigenvalue weighted by atomic mass is 16.6. The molecule has 0 heterocycles. The zero-order valence-corrected chi connectivity index (χ0v) is 22.1. The maximum Gasteiger partial charge on any atom is 0.408 e. The van der Waals surface area contributed by atoms with Crippen molar-refractivity contribution in [3.63, 3.8) is 0 Å². The lowest BCUT2D eigenvalue weighted by Crippen LogP contribution is -2.54. The second kappa shape index (κ2) is 11.9. The Labute approximate surface area is 209 Å². The fourth-order valence-corrected chi connectivity index (χ4v) is 3.80. The maximum atomic E-state index is 13.7. The third-order valence-corrected chi connectivity index (χ3v) is 5.48. The molecule has 7 heteroatoms. The minimum atomic E-state index is -0.887. The van der Waals surface area contributed by atoms with Crippen molar-refractivity contribution < 1.29 is 19.1 Å². The minimum Gasteiger partial charge on any atom is -0.444 e. The Balaban J connectivity index is 2.39. The van der Waals surface area contributed by atoms with Crippen LogP contribution in [0.3, 0.4) is 0 Å². The van der Waals surface area contributed by atoms with E-state index in [-0.39, 0.29) is 17.9 Å². The molecule has 3 amide bonds. The topological polar surface area (TPSA) is 87.7 Å². The molecule has 35 heavy (non-hydrogen) atoms. The molecule has 2 atom stereocenters. The van der Waals surface area contributed by atoms with Crippen molar-refractivity contribution in [2.75, 3.05) is 0 Å². The van der Waals surface area contributed by atoms with Gasteiger partial charge in [-0.2, -0.15) is 0 Å². The molecule has 0 saturated carbocycles. The summed E-state index contributed by atoms with van der Waals surface area (Å²) in [5, 5.41) is 5.62. The lowest BCUT2D eigenvalue weighted by molar-refractivity contribution is -0.144. The number of benzene rings is 2. The van der Waals surface area contributed by atoms with E-state index in [4.69, 9.17) is 4.74 Å². The molecule has 2 N–H and O–H groups in total. The number of carbonyl (C=O) groups is 3. The number of hydrogen-bond acceptors (Lipinski definition) is 4. The van der Waals surface area contributed by atoms with Gasteiger partial charge in [-0.05, 0) is 72.1 Å². The summed E-state index contributed by atoms with van der Waals surface area (Å²) in [5.41, 5.74) is 2.91. The second-order valence-electron chi connectivity index (χ2n) is 10.2. The van der Waals surface area contributed by atoms with E-state index in [9.17, 15) is 14.4 Å². The molecule has 0 aliphatic carbocycles. The smallest absolute Gasteiger partial charge is 0.408 e. The summed E-state index contributed by atoms with van der Waals surface area (Å²) in [6, 6.07) is 13.4. The minimum absolute atomic E-state index is 0.283. The van der Waals surface area contributed by atoms with Crippen LogP contribution in [0.4, 0.5) is 4.79 Å². The van der Waals surface area contributed by atoms with E-state index in [2.05, 4.69) is 10.6 Å². The summed E-state index contributed by atoms with van der Waals surface area (Å²) in [7, 11) is 0. The quantitative estimate of drug-likeness (QED) is 0.566. The van der Waals surface area contributed by atoms with E-state index in [1.165, 1.54) is 0 Å². The highest BCUT2D eigenvalue weighted by molar-refractivity contribution is 5.92. The number of rotatable bonds is 8. The van der Waals surface area contributed by atoms with Gasteiger partial charge in [-0.15, -0.1) is 0 Å². The van der Waals surface area contributed by atoms with Gasteiger partial charge < -0.3 is 20.3 Å². The molecule has 0 spiro atoms. The third kappa shape index (κ3) is 8.12. The Morgan fingerprint density at radius 1 is 0.971 bits per heavy atom. The Morgan fingerprint density at radius 3 is 2.17 bits per heavy atom. The normalized spacial score (nSPS) is 13.1. The molecule has 0 aromatic heterocycles. The number of alkyl carbamates (subject to hydrolysis) is 1.